The molecule has 1 saturated carbocycles. The summed E-state index contributed by atoms with van der Waals surface area (Å²) >= 11 is 0. The molecule has 1 spiro atoms. The molecule has 0 bridgehead atoms. The zero-order valence-electron chi connectivity index (χ0n) is 11.0. The van der Waals surface area contributed by atoms with Gasteiger partial charge in [0, 0.05) is 19.0 Å². The van der Waals surface area contributed by atoms with Crippen molar-refractivity contribution in [1.29, 1.82) is 0 Å². The number of piperidine rings is 1. The second kappa shape index (κ2) is 4.79. The highest BCUT2D eigenvalue weighted by molar-refractivity contribution is 5.98. The van der Waals surface area contributed by atoms with Crippen LogP contribution in [0.5, 0.6) is 0 Å². The molecule has 2 fully saturated rings. The van der Waals surface area contributed by atoms with Crippen molar-refractivity contribution in [3.8, 4) is 0 Å². The van der Waals surface area contributed by atoms with Gasteiger partial charge in [0.25, 0.3) is 0 Å². The van der Waals surface area contributed by atoms with Crippen LogP contribution in [0.25, 0.3) is 0 Å². The van der Waals surface area contributed by atoms with Crippen molar-refractivity contribution in [3.05, 3.63) is 18.2 Å². The summed E-state index contributed by atoms with van der Waals surface area (Å²) in [4.78, 5) is 32.8. The molecule has 1 saturated heterocycles. The number of H-pyrrole nitrogens is 1. The first kappa shape index (κ1) is 12.4. The average molecular weight is 261 g/mol. The van der Waals surface area contributed by atoms with Crippen molar-refractivity contribution in [2.45, 2.75) is 51.5 Å². The molecule has 2 aliphatic rings. The van der Waals surface area contributed by atoms with Gasteiger partial charge in [-0.25, -0.2) is 4.98 Å². The molecule has 2 heterocycles. The number of carbonyl (C=O) groups is 2. The Hall–Kier alpha value is -1.65. The zero-order valence-corrected chi connectivity index (χ0v) is 11.0. The Morgan fingerprint density at radius 3 is 2.42 bits per heavy atom. The van der Waals surface area contributed by atoms with E-state index in [2.05, 4.69) is 9.97 Å². The number of aromatic amines is 1. The Kier molecular flexibility index (Phi) is 3.12. The Morgan fingerprint density at radius 2 is 1.84 bits per heavy atom. The normalized spacial score (nSPS) is 23.1. The third kappa shape index (κ3) is 2.41. The van der Waals surface area contributed by atoms with E-state index >= 15 is 0 Å². The highest BCUT2D eigenvalue weighted by Gasteiger charge is 2.43. The van der Waals surface area contributed by atoms with E-state index in [1.807, 2.05) is 0 Å². The highest BCUT2D eigenvalue weighted by Crippen LogP contribution is 2.45. The third-order valence-electron chi connectivity index (χ3n) is 4.45. The van der Waals surface area contributed by atoms with Crippen LogP contribution >= 0.6 is 0 Å². The number of hydrogen-bond donors (Lipinski definition) is 1. The quantitative estimate of drug-likeness (QED) is 0.828. The number of carbonyl (C=O) groups excluding carboxylic acids is 2. The van der Waals surface area contributed by atoms with Crippen molar-refractivity contribution < 1.29 is 9.59 Å². The van der Waals surface area contributed by atoms with E-state index in [1.165, 1.54) is 11.3 Å². The molecule has 1 N–H and O–H groups in total. The van der Waals surface area contributed by atoms with E-state index in [0.717, 1.165) is 31.4 Å². The minimum absolute atomic E-state index is 0.0206. The van der Waals surface area contributed by atoms with Gasteiger partial charge in [-0.05, 0) is 18.3 Å². The summed E-state index contributed by atoms with van der Waals surface area (Å²) in [7, 11) is 0. The lowest BCUT2D eigenvalue weighted by Crippen LogP contribution is -2.48. The molecule has 2 amide bonds. The smallest absolute Gasteiger partial charge is 0.230 e. The van der Waals surface area contributed by atoms with Crippen LogP contribution in [0, 0.1) is 5.41 Å². The SMILES string of the molecule is O=C1CC2(CCCCC2)CC(=O)N1Cc1cnc[nH]1. The second-order valence-corrected chi connectivity index (χ2v) is 5.86. The fourth-order valence-corrected chi connectivity index (χ4v) is 3.41. The van der Waals surface area contributed by atoms with Crippen LogP contribution in [0.15, 0.2) is 12.5 Å². The number of rotatable bonds is 2. The van der Waals surface area contributed by atoms with Crippen LogP contribution in [-0.2, 0) is 16.1 Å². The van der Waals surface area contributed by atoms with Crippen LogP contribution in [-0.4, -0.2) is 26.7 Å². The maximum atomic E-state index is 12.3. The van der Waals surface area contributed by atoms with Crippen molar-refractivity contribution >= 4 is 11.8 Å². The highest BCUT2D eigenvalue weighted by atomic mass is 16.2. The average Bonchev–Trinajstić information content (AvgIpc) is 2.88. The molecular formula is C14H19N3O2. The van der Waals surface area contributed by atoms with Crippen LogP contribution in [0.1, 0.15) is 50.6 Å². The summed E-state index contributed by atoms with van der Waals surface area (Å²) in [5.74, 6) is -0.0412. The maximum absolute atomic E-state index is 12.3. The number of likely N-dealkylation sites (tertiary alicyclic amines) is 1. The summed E-state index contributed by atoms with van der Waals surface area (Å²) in [5, 5.41) is 0. The predicted octanol–water partition coefficient (Wildman–Crippen LogP) is 2.01. The lowest BCUT2D eigenvalue weighted by molar-refractivity contribution is -0.155. The van der Waals surface area contributed by atoms with Crippen molar-refractivity contribution in [1.82, 2.24) is 14.9 Å². The lowest BCUT2D eigenvalue weighted by Gasteiger charge is -2.42. The number of imide groups is 1. The molecule has 1 aliphatic heterocycles. The van der Waals surface area contributed by atoms with Crippen LogP contribution in [0.2, 0.25) is 0 Å². The summed E-state index contributed by atoms with van der Waals surface area (Å²) < 4.78 is 0. The molecule has 1 aromatic rings. The number of nitrogens with zero attached hydrogens (tertiary/aromatic N) is 2. The number of nitrogens with one attached hydrogen (secondary N) is 1. The summed E-state index contributed by atoms with van der Waals surface area (Å²) in [5.41, 5.74) is 0.776. The van der Waals surface area contributed by atoms with Gasteiger partial charge in [-0.15, -0.1) is 0 Å². The van der Waals surface area contributed by atoms with Crippen LogP contribution in [0.3, 0.4) is 0 Å². The number of aromatic nitrogens is 2. The summed E-state index contributed by atoms with van der Waals surface area (Å²) in [6, 6.07) is 0. The molecule has 0 unspecified atom stereocenters. The maximum Gasteiger partial charge on any atom is 0.230 e. The van der Waals surface area contributed by atoms with E-state index in [4.69, 9.17) is 0 Å². The van der Waals surface area contributed by atoms with Gasteiger partial charge < -0.3 is 4.98 Å². The minimum atomic E-state index is -0.0309. The summed E-state index contributed by atoms with van der Waals surface area (Å²) in [6.45, 7) is 0.327. The van der Waals surface area contributed by atoms with Crippen LogP contribution in [0.4, 0.5) is 0 Å². The largest absolute Gasteiger partial charge is 0.347 e. The molecule has 3 rings (SSSR count). The van der Waals surface area contributed by atoms with Gasteiger partial charge in [-0.1, -0.05) is 19.3 Å². The van der Waals surface area contributed by atoms with Gasteiger partial charge in [0.2, 0.25) is 11.8 Å². The first-order chi connectivity index (χ1) is 9.19. The number of imidazole rings is 1. The van der Waals surface area contributed by atoms with Crippen molar-refractivity contribution in [2.24, 2.45) is 5.41 Å². The summed E-state index contributed by atoms with van der Waals surface area (Å²) in [6.07, 6.45) is 9.90. The fourth-order valence-electron chi connectivity index (χ4n) is 3.41. The van der Waals surface area contributed by atoms with Crippen molar-refractivity contribution in [3.63, 3.8) is 0 Å². The van der Waals surface area contributed by atoms with Gasteiger partial charge in [0.05, 0.1) is 18.6 Å². The molecule has 102 valence electrons. The molecular weight excluding hydrogens is 242 g/mol. The first-order valence-corrected chi connectivity index (χ1v) is 6.99. The van der Waals surface area contributed by atoms with Gasteiger partial charge in [0.1, 0.15) is 0 Å². The number of amides is 2. The topological polar surface area (TPSA) is 66.1 Å². The molecule has 0 aromatic carbocycles. The Labute approximate surface area is 112 Å². The van der Waals surface area contributed by atoms with Gasteiger partial charge >= 0.3 is 0 Å². The van der Waals surface area contributed by atoms with Gasteiger partial charge in [0.15, 0.2) is 0 Å². The van der Waals surface area contributed by atoms with E-state index in [-0.39, 0.29) is 17.2 Å². The van der Waals surface area contributed by atoms with Crippen LogP contribution < -0.4 is 0 Å². The Balaban J connectivity index is 1.72. The van der Waals surface area contributed by atoms with E-state index < -0.39 is 0 Å². The monoisotopic (exact) mass is 261 g/mol. The predicted molar refractivity (Wildman–Crippen MR) is 68.9 cm³/mol. The van der Waals surface area contributed by atoms with E-state index in [1.54, 1.807) is 12.5 Å². The fraction of sp³-hybridized carbons (Fsp3) is 0.643. The number of hydrogen-bond acceptors (Lipinski definition) is 3. The molecule has 0 radical (unpaired) electrons. The van der Waals surface area contributed by atoms with Crippen molar-refractivity contribution in [2.75, 3.05) is 0 Å². The minimum Gasteiger partial charge on any atom is -0.347 e. The molecule has 1 aliphatic carbocycles. The van der Waals surface area contributed by atoms with Gasteiger partial charge in [-0.3, -0.25) is 14.5 Å². The molecule has 19 heavy (non-hydrogen) atoms. The molecule has 5 nitrogen and oxygen atoms in total. The van der Waals surface area contributed by atoms with E-state index in [0.29, 0.717) is 19.4 Å². The second-order valence-electron chi connectivity index (χ2n) is 5.86. The Morgan fingerprint density at radius 1 is 1.16 bits per heavy atom. The molecule has 1 aromatic heterocycles. The third-order valence-corrected chi connectivity index (χ3v) is 4.45. The standard InChI is InChI=1S/C14H19N3O2/c18-12-6-14(4-2-1-3-5-14)7-13(19)17(12)9-11-8-15-10-16-11/h8,10H,1-7,9H2,(H,15,16). The lowest BCUT2D eigenvalue weighted by atomic mass is 9.67. The Bertz CT molecular complexity index is 455. The van der Waals surface area contributed by atoms with E-state index in [9.17, 15) is 9.59 Å². The van der Waals surface area contributed by atoms with Gasteiger partial charge in [-0.2, -0.15) is 0 Å². The molecule has 0 atom stereocenters. The zero-order chi connectivity index (χ0) is 13.3. The molecule has 5 heteroatoms. The first-order valence-electron chi connectivity index (χ1n) is 6.99.